The van der Waals surface area contributed by atoms with Crippen LogP contribution in [0.4, 0.5) is 5.69 Å². The van der Waals surface area contributed by atoms with Crippen LogP contribution in [0.3, 0.4) is 0 Å². The molecular formula is C19H19ClN2O3S. The third-order valence-electron chi connectivity index (χ3n) is 3.89. The monoisotopic (exact) mass is 390 g/mol. The lowest BCUT2D eigenvalue weighted by Gasteiger charge is -2.13. The van der Waals surface area contributed by atoms with Crippen LogP contribution < -0.4 is 15.4 Å². The summed E-state index contributed by atoms with van der Waals surface area (Å²) in [6, 6.07) is 14.0. The second-order valence-electron chi connectivity index (χ2n) is 5.89. The molecule has 0 saturated carbocycles. The summed E-state index contributed by atoms with van der Waals surface area (Å²) in [6.07, 6.45) is 2.32. The van der Waals surface area contributed by atoms with Crippen LogP contribution in [-0.2, 0) is 4.74 Å². The molecule has 1 aliphatic heterocycles. The van der Waals surface area contributed by atoms with E-state index in [9.17, 15) is 4.79 Å². The number of nitrogens with one attached hydrogen (secondary N) is 2. The quantitative estimate of drug-likeness (QED) is 0.755. The highest BCUT2D eigenvalue weighted by Crippen LogP contribution is 2.18. The highest BCUT2D eigenvalue weighted by Gasteiger charge is 2.16. The second kappa shape index (κ2) is 8.98. The number of rotatable bonds is 5. The van der Waals surface area contributed by atoms with Gasteiger partial charge in [-0.25, -0.2) is 0 Å². The van der Waals surface area contributed by atoms with E-state index in [1.54, 1.807) is 24.3 Å². The van der Waals surface area contributed by atoms with Crippen LogP contribution in [0.1, 0.15) is 23.2 Å². The topological polar surface area (TPSA) is 59.6 Å². The molecule has 1 amide bonds. The Morgan fingerprint density at radius 3 is 2.77 bits per heavy atom. The molecule has 7 heteroatoms. The lowest BCUT2D eigenvalue weighted by atomic mass is 10.2. The minimum absolute atomic E-state index is 0.182. The average molecular weight is 391 g/mol. The zero-order chi connectivity index (χ0) is 18.4. The number of thiocarbonyl (C=S) groups is 1. The zero-order valence-corrected chi connectivity index (χ0v) is 15.6. The number of hydrogen-bond donors (Lipinski definition) is 2. The third kappa shape index (κ3) is 5.42. The minimum atomic E-state index is -0.318. The van der Waals surface area contributed by atoms with E-state index in [4.69, 9.17) is 33.3 Å². The molecule has 1 atom stereocenters. The number of carbonyl (C=O) groups is 1. The van der Waals surface area contributed by atoms with E-state index in [0.717, 1.165) is 30.9 Å². The predicted octanol–water partition coefficient (Wildman–Crippen LogP) is 4.02. The molecule has 1 heterocycles. The van der Waals surface area contributed by atoms with Crippen molar-refractivity contribution in [3.05, 3.63) is 59.1 Å². The van der Waals surface area contributed by atoms with E-state index in [1.807, 2.05) is 24.3 Å². The highest BCUT2D eigenvalue weighted by atomic mass is 35.5. The SMILES string of the molecule is O=C(NC(=S)Nc1ccc(OCC2CCCO2)cc1)c1cccc(Cl)c1. The van der Waals surface area contributed by atoms with Crippen LogP contribution in [0, 0.1) is 0 Å². The van der Waals surface area contributed by atoms with Crippen molar-refractivity contribution in [3.63, 3.8) is 0 Å². The van der Waals surface area contributed by atoms with Crippen LogP contribution in [0.2, 0.25) is 5.02 Å². The van der Waals surface area contributed by atoms with Crippen LogP contribution in [0.5, 0.6) is 5.75 Å². The summed E-state index contributed by atoms with van der Waals surface area (Å²) in [7, 11) is 0. The first kappa shape index (κ1) is 18.6. The van der Waals surface area contributed by atoms with Gasteiger partial charge in [-0.15, -0.1) is 0 Å². The molecule has 0 radical (unpaired) electrons. The molecule has 0 spiro atoms. The Labute approximate surface area is 162 Å². The van der Waals surface area contributed by atoms with Crippen molar-refractivity contribution in [1.82, 2.24) is 5.32 Å². The molecular weight excluding hydrogens is 372 g/mol. The summed E-state index contributed by atoms with van der Waals surface area (Å²) in [5, 5.41) is 6.30. The summed E-state index contributed by atoms with van der Waals surface area (Å²) in [4.78, 5) is 12.1. The summed E-state index contributed by atoms with van der Waals surface area (Å²) in [5.74, 6) is 0.446. The first-order valence-electron chi connectivity index (χ1n) is 8.32. The Morgan fingerprint density at radius 1 is 1.27 bits per heavy atom. The third-order valence-corrected chi connectivity index (χ3v) is 4.33. The van der Waals surface area contributed by atoms with Crippen molar-refractivity contribution in [1.29, 1.82) is 0 Å². The first-order chi connectivity index (χ1) is 12.6. The lowest BCUT2D eigenvalue weighted by molar-refractivity contribution is 0.0679. The first-order valence-corrected chi connectivity index (χ1v) is 9.11. The number of halogens is 1. The molecule has 1 aliphatic rings. The molecule has 0 aromatic heterocycles. The predicted molar refractivity (Wildman–Crippen MR) is 106 cm³/mol. The van der Waals surface area contributed by atoms with Crippen LogP contribution in [-0.4, -0.2) is 30.3 Å². The largest absolute Gasteiger partial charge is 0.491 e. The molecule has 2 aromatic rings. The summed E-state index contributed by atoms with van der Waals surface area (Å²) < 4.78 is 11.2. The molecule has 0 aliphatic carbocycles. The number of hydrogen-bond acceptors (Lipinski definition) is 4. The molecule has 1 unspecified atom stereocenters. The molecule has 0 bridgehead atoms. The Balaban J connectivity index is 1.48. The fourth-order valence-corrected chi connectivity index (χ4v) is 2.97. The highest BCUT2D eigenvalue weighted by molar-refractivity contribution is 7.80. The van der Waals surface area contributed by atoms with Crippen molar-refractivity contribution >= 4 is 40.5 Å². The zero-order valence-electron chi connectivity index (χ0n) is 14.0. The minimum Gasteiger partial charge on any atom is -0.491 e. The van der Waals surface area contributed by atoms with E-state index in [0.29, 0.717) is 17.2 Å². The molecule has 26 heavy (non-hydrogen) atoms. The fourth-order valence-electron chi connectivity index (χ4n) is 2.57. The van der Waals surface area contributed by atoms with Crippen molar-refractivity contribution in [3.8, 4) is 5.75 Å². The molecule has 2 N–H and O–H groups in total. The van der Waals surface area contributed by atoms with Crippen molar-refractivity contribution in [2.45, 2.75) is 18.9 Å². The van der Waals surface area contributed by atoms with Crippen LogP contribution >= 0.6 is 23.8 Å². The van der Waals surface area contributed by atoms with Gasteiger partial charge in [-0.3, -0.25) is 10.1 Å². The maximum atomic E-state index is 12.1. The molecule has 2 aromatic carbocycles. The standard InChI is InChI=1S/C19H19ClN2O3S/c20-14-4-1-3-13(11-14)18(23)22-19(26)21-15-6-8-16(9-7-15)25-12-17-5-2-10-24-17/h1,3-4,6-9,11,17H,2,5,10,12H2,(H2,21,22,23,26). The molecule has 3 rings (SSSR count). The van der Waals surface area contributed by atoms with E-state index in [1.165, 1.54) is 0 Å². The molecule has 1 saturated heterocycles. The Kier molecular flexibility index (Phi) is 6.44. The summed E-state index contributed by atoms with van der Waals surface area (Å²) >= 11 is 11.1. The Bertz CT molecular complexity index is 777. The van der Waals surface area contributed by atoms with Crippen LogP contribution in [0.25, 0.3) is 0 Å². The maximum Gasteiger partial charge on any atom is 0.257 e. The number of anilines is 1. The molecule has 136 valence electrons. The van der Waals surface area contributed by atoms with Gasteiger partial charge in [-0.1, -0.05) is 17.7 Å². The van der Waals surface area contributed by atoms with E-state index < -0.39 is 0 Å². The maximum absolute atomic E-state index is 12.1. The number of carbonyl (C=O) groups excluding carboxylic acids is 1. The molecule has 1 fully saturated rings. The van der Waals surface area contributed by atoms with Gasteiger partial charge in [0.25, 0.3) is 5.91 Å². The summed E-state index contributed by atoms with van der Waals surface area (Å²) in [6.45, 7) is 1.37. The Morgan fingerprint density at radius 2 is 2.08 bits per heavy atom. The van der Waals surface area contributed by atoms with Gasteiger partial charge in [0, 0.05) is 22.9 Å². The normalized spacial score (nSPS) is 16.1. The van der Waals surface area contributed by atoms with Crippen molar-refractivity contribution < 1.29 is 14.3 Å². The van der Waals surface area contributed by atoms with Gasteiger partial charge in [0.1, 0.15) is 12.4 Å². The summed E-state index contributed by atoms with van der Waals surface area (Å²) in [5.41, 5.74) is 1.20. The van der Waals surface area contributed by atoms with Crippen molar-refractivity contribution in [2.24, 2.45) is 0 Å². The smallest absolute Gasteiger partial charge is 0.257 e. The number of benzene rings is 2. The van der Waals surface area contributed by atoms with E-state index in [-0.39, 0.29) is 17.1 Å². The second-order valence-corrected chi connectivity index (χ2v) is 6.73. The van der Waals surface area contributed by atoms with Gasteiger partial charge >= 0.3 is 0 Å². The molecule has 5 nitrogen and oxygen atoms in total. The van der Waals surface area contributed by atoms with E-state index in [2.05, 4.69) is 10.6 Å². The van der Waals surface area contributed by atoms with Gasteiger partial charge in [-0.2, -0.15) is 0 Å². The lowest BCUT2D eigenvalue weighted by Crippen LogP contribution is -2.34. The van der Waals surface area contributed by atoms with Gasteiger partial charge in [0.05, 0.1) is 6.10 Å². The van der Waals surface area contributed by atoms with Gasteiger partial charge in [0.2, 0.25) is 0 Å². The number of ether oxygens (including phenoxy) is 2. The van der Waals surface area contributed by atoms with Crippen molar-refractivity contribution in [2.75, 3.05) is 18.5 Å². The Hall–Kier alpha value is -2.15. The van der Waals surface area contributed by atoms with Crippen LogP contribution in [0.15, 0.2) is 48.5 Å². The van der Waals surface area contributed by atoms with Gasteiger partial charge < -0.3 is 14.8 Å². The van der Waals surface area contributed by atoms with Gasteiger partial charge in [0.15, 0.2) is 5.11 Å². The fraction of sp³-hybridized carbons (Fsp3) is 0.263. The average Bonchev–Trinajstić information content (AvgIpc) is 3.14. The van der Waals surface area contributed by atoms with Gasteiger partial charge in [-0.05, 0) is 67.5 Å². The number of amides is 1. The van der Waals surface area contributed by atoms with E-state index >= 15 is 0 Å².